The van der Waals surface area contributed by atoms with Crippen LogP contribution in [0.1, 0.15) is 124 Å². The molecule has 14 rings (SSSR count). The highest BCUT2D eigenvalue weighted by atomic mass is 32.2. The van der Waals surface area contributed by atoms with Crippen molar-refractivity contribution in [2.45, 2.75) is 139 Å². The van der Waals surface area contributed by atoms with Crippen molar-refractivity contribution in [2.75, 3.05) is 105 Å². The van der Waals surface area contributed by atoms with Gasteiger partial charge in [0.25, 0.3) is 21.6 Å². The van der Waals surface area contributed by atoms with E-state index >= 15 is 0 Å². The number of sulfonamides is 1. The van der Waals surface area contributed by atoms with E-state index < -0.39 is 43.1 Å². The number of aryl methyl sites for hydroxylation is 1. The topological polar surface area (TPSA) is 233 Å². The number of carbonyl (C=O) groups excluding carboxylic acids is 1. The van der Waals surface area contributed by atoms with E-state index in [0.29, 0.717) is 87.8 Å². The van der Waals surface area contributed by atoms with E-state index in [1.165, 1.54) is 34.4 Å². The maximum atomic E-state index is 14.9. The third-order valence-corrected chi connectivity index (χ3v) is 22.4. The molecule has 472 valence electrons. The summed E-state index contributed by atoms with van der Waals surface area (Å²) in [4.78, 5) is 51.8. The molecule has 3 aromatic heterocycles. The Morgan fingerprint density at radius 3 is 2.45 bits per heavy atom. The summed E-state index contributed by atoms with van der Waals surface area (Å²) in [6.45, 7) is 18.9. The molecule has 0 radical (unpaired) electrons. The number of hydrogen-bond acceptors (Lipinski definition) is 18. The fourth-order valence-corrected chi connectivity index (χ4v) is 16.8. The zero-order valence-electron chi connectivity index (χ0n) is 51.5. The van der Waals surface area contributed by atoms with Crippen LogP contribution in [0.15, 0.2) is 90.1 Å². The molecule has 4 saturated heterocycles. The Hall–Kier alpha value is -7.08. The number of piperidine rings is 1. The molecule has 1 spiro atoms. The monoisotopic (exact) mass is 1230 g/mol. The van der Waals surface area contributed by atoms with Crippen LogP contribution in [0.2, 0.25) is 0 Å². The molecular weight excluding hydrogens is 1150 g/mol. The van der Waals surface area contributed by atoms with Gasteiger partial charge < -0.3 is 49.1 Å². The SMILES string of the molecule is Cc1ccccc1[C@@H]1CN(Cc2cnc(N3CCOCC3)c3c2C(C)(C)CCO3)CCN1C1CC2(CCN(c3ccc(C(=O)NS(=O)(=O)c4ccc(NC[C@H]5CC[C@](C)(O)CC5)c([N+](=O)[O-])c4)c(N4c5cc6cc[nH]c6nc5O[C@H]5COCC[C@@H]54)c3)CC2)C1. The highest BCUT2D eigenvalue weighted by Crippen LogP contribution is 2.54. The highest BCUT2D eigenvalue weighted by molar-refractivity contribution is 7.90. The van der Waals surface area contributed by atoms with Gasteiger partial charge in [0.15, 0.2) is 11.6 Å². The quantitative estimate of drug-likeness (QED) is 0.0587. The Balaban J connectivity index is 0.706. The maximum absolute atomic E-state index is 14.9. The van der Waals surface area contributed by atoms with Crippen LogP contribution in [0, 0.1) is 28.4 Å². The number of amides is 1. The molecule has 3 aromatic carbocycles. The summed E-state index contributed by atoms with van der Waals surface area (Å²) in [5.74, 6) is 1.57. The number of nitrogens with zero attached hydrogens (tertiary/aromatic N) is 8. The number of aliphatic hydroxyl groups is 1. The average Bonchev–Trinajstić information content (AvgIpc) is 1.83. The number of ether oxygens (including phenoxy) is 4. The fraction of sp³-hybridized carbons (Fsp3) is 0.537. The number of rotatable bonds is 14. The number of carbonyl (C=O) groups is 1. The Kier molecular flexibility index (Phi) is 15.8. The standard InChI is InChI=1S/C67H83N11O10S/c1-43-7-5-6-8-50(43)57-41-73(40-46-39-70-62(75-27-31-85-32-28-75)60-59(46)65(2,3)21-30-87-60)25-26-76(57)48-36-67(37-48)19-23-74(24-20-67)47-9-11-51(54(34-47)77-53-16-29-86-42-58(53)88-64-56(77)33-45-15-22-68-61(45)71-64)63(79)72-89(83,84)49-10-12-52(55(35-49)78(81)82)69-38-44-13-17-66(4,80)18-14-44/h5-12,15,22,33-35,39,44,48,53,57-58,69,80H,13-14,16-21,23-32,36-38,40-42H2,1-4H3,(H,68,71)(H,72,79)/t44-,53-,57-,58-,66-/m0/s1. The number of nitrogens with one attached hydrogen (secondary N) is 3. The largest absolute Gasteiger partial charge is 0.489 e. The van der Waals surface area contributed by atoms with Crippen molar-refractivity contribution in [3.63, 3.8) is 0 Å². The zero-order valence-corrected chi connectivity index (χ0v) is 52.4. The van der Waals surface area contributed by atoms with Gasteiger partial charge in [0.2, 0.25) is 5.88 Å². The summed E-state index contributed by atoms with van der Waals surface area (Å²) in [6, 6.07) is 22.5. The van der Waals surface area contributed by atoms with Crippen molar-refractivity contribution in [2.24, 2.45) is 11.3 Å². The lowest BCUT2D eigenvalue weighted by Crippen LogP contribution is -2.60. The van der Waals surface area contributed by atoms with Gasteiger partial charge in [-0.05, 0) is 154 Å². The molecule has 1 amide bonds. The smallest absolute Gasteiger partial charge is 0.293 e. The number of hydrogen-bond donors (Lipinski definition) is 4. The van der Waals surface area contributed by atoms with Crippen LogP contribution in [0.25, 0.3) is 11.0 Å². The predicted octanol–water partition coefficient (Wildman–Crippen LogP) is 9.54. The van der Waals surface area contributed by atoms with Gasteiger partial charge in [0.1, 0.15) is 23.1 Å². The van der Waals surface area contributed by atoms with E-state index in [1.807, 2.05) is 37.4 Å². The number of nitro groups is 1. The summed E-state index contributed by atoms with van der Waals surface area (Å²) in [7, 11) is -4.65. The number of aromatic nitrogens is 3. The minimum atomic E-state index is -4.65. The first-order valence-corrected chi connectivity index (χ1v) is 33.6. The molecular formula is C67H83N11O10S. The lowest BCUT2D eigenvalue weighted by molar-refractivity contribution is -0.384. The molecule has 6 aliphatic heterocycles. The van der Waals surface area contributed by atoms with Crippen molar-refractivity contribution in [3.05, 3.63) is 123 Å². The number of piperazine rings is 1. The summed E-state index contributed by atoms with van der Waals surface area (Å²) >= 11 is 0. The molecule has 89 heavy (non-hydrogen) atoms. The number of pyridine rings is 2. The molecule has 9 heterocycles. The van der Waals surface area contributed by atoms with Crippen LogP contribution in [-0.4, -0.2) is 158 Å². The second kappa shape index (κ2) is 23.6. The number of nitro benzene ring substituents is 1. The van der Waals surface area contributed by atoms with Gasteiger partial charge in [-0.2, -0.15) is 4.98 Å². The average molecular weight is 1230 g/mol. The summed E-state index contributed by atoms with van der Waals surface area (Å²) in [6.07, 6.45) is 12.0. The van der Waals surface area contributed by atoms with Crippen molar-refractivity contribution >= 4 is 61.2 Å². The molecule has 2 saturated carbocycles. The minimum absolute atomic E-state index is 0.0463. The molecule has 4 N–H and O–H groups in total. The van der Waals surface area contributed by atoms with Crippen LogP contribution in [0.3, 0.4) is 0 Å². The Labute approximate surface area is 520 Å². The number of fused-ring (bicyclic) bond motifs is 4. The Bertz CT molecular complexity index is 3770. The van der Waals surface area contributed by atoms with Gasteiger partial charge in [-0.15, -0.1) is 0 Å². The van der Waals surface area contributed by atoms with Crippen LogP contribution < -0.4 is 34.2 Å². The fourth-order valence-electron chi connectivity index (χ4n) is 15.8. The Morgan fingerprint density at radius 1 is 0.865 bits per heavy atom. The van der Waals surface area contributed by atoms with Crippen molar-refractivity contribution in [3.8, 4) is 11.6 Å². The molecule has 6 aromatic rings. The second-order valence-electron chi connectivity index (χ2n) is 27.4. The first kappa shape index (κ1) is 59.5. The molecule has 0 bridgehead atoms. The molecule has 22 heteroatoms. The first-order chi connectivity index (χ1) is 42.9. The van der Waals surface area contributed by atoms with Gasteiger partial charge in [-0.3, -0.25) is 24.7 Å². The third-order valence-electron chi connectivity index (χ3n) is 21.1. The van der Waals surface area contributed by atoms with Crippen LogP contribution in [0.5, 0.6) is 11.6 Å². The van der Waals surface area contributed by atoms with Gasteiger partial charge >= 0.3 is 0 Å². The van der Waals surface area contributed by atoms with Gasteiger partial charge in [-0.25, -0.2) is 18.1 Å². The normalized spacial score (nSPS) is 25.5. The van der Waals surface area contributed by atoms with Crippen molar-refractivity contribution in [1.29, 1.82) is 0 Å². The van der Waals surface area contributed by atoms with Gasteiger partial charge in [0.05, 0.1) is 59.1 Å². The summed E-state index contributed by atoms with van der Waals surface area (Å²) in [5, 5.41) is 26.9. The van der Waals surface area contributed by atoms with Crippen LogP contribution in [0.4, 0.5) is 34.3 Å². The van der Waals surface area contributed by atoms with Gasteiger partial charge in [0, 0.05) is 113 Å². The van der Waals surface area contributed by atoms with Crippen LogP contribution in [-0.2, 0) is 31.5 Å². The number of anilines is 5. The molecule has 2 aliphatic carbocycles. The van der Waals surface area contributed by atoms with Gasteiger partial charge in [-0.1, -0.05) is 38.1 Å². The van der Waals surface area contributed by atoms with E-state index in [2.05, 4.69) is 90.8 Å². The minimum Gasteiger partial charge on any atom is -0.489 e. The molecule has 8 aliphatic rings. The molecule has 6 fully saturated rings. The van der Waals surface area contributed by atoms with Crippen molar-refractivity contribution in [1.82, 2.24) is 29.5 Å². The lowest BCUT2D eigenvalue weighted by Gasteiger charge is -2.58. The van der Waals surface area contributed by atoms with Crippen molar-refractivity contribution < 1.29 is 42.2 Å². The van der Waals surface area contributed by atoms with E-state index in [9.17, 15) is 28.4 Å². The van der Waals surface area contributed by atoms with Crippen LogP contribution >= 0.6 is 0 Å². The first-order valence-electron chi connectivity index (χ1n) is 32.1. The summed E-state index contributed by atoms with van der Waals surface area (Å²) in [5.41, 5.74) is 7.22. The van der Waals surface area contributed by atoms with E-state index in [1.54, 1.807) is 6.07 Å². The van der Waals surface area contributed by atoms with E-state index in [0.717, 1.165) is 126 Å². The number of morpholine rings is 1. The lowest BCUT2D eigenvalue weighted by atomic mass is 9.59. The summed E-state index contributed by atoms with van der Waals surface area (Å²) < 4.78 is 55.8. The molecule has 0 unspecified atom stereocenters. The third kappa shape index (κ3) is 11.7. The van der Waals surface area contributed by atoms with E-state index in [4.69, 9.17) is 28.9 Å². The van der Waals surface area contributed by atoms with E-state index in [-0.39, 0.29) is 40.1 Å². The molecule has 3 atom stereocenters. The number of H-pyrrole nitrogens is 1. The maximum Gasteiger partial charge on any atom is 0.293 e. The molecule has 21 nitrogen and oxygen atoms in total. The zero-order chi connectivity index (χ0) is 61.4. The second-order valence-corrected chi connectivity index (χ2v) is 29.0. The predicted molar refractivity (Wildman–Crippen MR) is 340 cm³/mol. The number of aromatic amines is 1. The number of benzene rings is 3. The highest BCUT2D eigenvalue weighted by Gasteiger charge is 2.51. The Morgan fingerprint density at radius 2 is 1.66 bits per heavy atom.